The number of benzene rings is 2. The number of amides is 3. The summed E-state index contributed by atoms with van der Waals surface area (Å²) in [6, 6.07) is 9.93. The molecular weight excluding hydrogens is 658 g/mol. The molecule has 2 aromatic rings. The van der Waals surface area contributed by atoms with Gasteiger partial charge in [-0.3, -0.25) is 14.4 Å². The molecule has 0 spiro atoms. The molecule has 2 aromatic carbocycles. The average Bonchev–Trinajstić information content (AvgIpc) is 3.05. The molecule has 3 amide bonds. The highest BCUT2D eigenvalue weighted by Crippen LogP contribution is 2.28. The Labute approximate surface area is 301 Å². The third-order valence-corrected chi connectivity index (χ3v) is 9.26. The number of methoxy groups -OCH3 is 1. The quantitative estimate of drug-likeness (QED) is 0.264. The molecule has 2 unspecified atom stereocenters. The summed E-state index contributed by atoms with van der Waals surface area (Å²) in [6.45, 7) is 12.9. The van der Waals surface area contributed by atoms with E-state index in [-0.39, 0.29) is 30.8 Å². The topological polar surface area (TPSA) is 143 Å². The molecule has 0 saturated heterocycles. The highest BCUT2D eigenvalue weighted by atomic mass is 35.5. The number of aliphatic hydroxyl groups is 1. The summed E-state index contributed by atoms with van der Waals surface area (Å²) < 4.78 is 11.4. The molecule has 1 aliphatic heterocycles. The number of cyclic esters (lactones) is 1. The second kappa shape index (κ2) is 17.7. The first-order valence-electron chi connectivity index (χ1n) is 16.9. The van der Waals surface area contributed by atoms with Crippen molar-refractivity contribution in [3.63, 3.8) is 0 Å². The third-order valence-electron chi connectivity index (χ3n) is 8.97. The predicted octanol–water partition coefficient (Wildman–Crippen LogP) is 5.54. The van der Waals surface area contributed by atoms with Crippen molar-refractivity contribution in [2.75, 3.05) is 7.11 Å². The maximum absolute atomic E-state index is 13.8. The molecule has 0 aromatic heterocycles. The molecule has 1 heterocycles. The monoisotopic (exact) mass is 709 g/mol. The maximum atomic E-state index is 13.8. The predicted molar refractivity (Wildman–Crippen MR) is 195 cm³/mol. The first-order chi connectivity index (χ1) is 23.4. The van der Waals surface area contributed by atoms with Crippen molar-refractivity contribution in [3.8, 4) is 5.75 Å². The second-order valence-corrected chi connectivity index (χ2v) is 15.1. The van der Waals surface area contributed by atoms with Crippen LogP contribution in [0.5, 0.6) is 5.75 Å². The van der Waals surface area contributed by atoms with Gasteiger partial charge in [-0.2, -0.15) is 0 Å². The van der Waals surface area contributed by atoms with Gasteiger partial charge in [-0.25, -0.2) is 4.79 Å². The van der Waals surface area contributed by atoms with Crippen molar-refractivity contribution in [2.24, 2.45) is 16.7 Å². The van der Waals surface area contributed by atoms with E-state index in [1.54, 1.807) is 45.0 Å². The fourth-order valence-corrected chi connectivity index (χ4v) is 5.65. The summed E-state index contributed by atoms with van der Waals surface area (Å²) in [5, 5.41) is 18.4. The summed E-state index contributed by atoms with van der Waals surface area (Å²) in [7, 11) is 1.51. The minimum absolute atomic E-state index is 0.0536. The molecule has 10 nitrogen and oxygen atoms in total. The summed E-state index contributed by atoms with van der Waals surface area (Å²) in [5.41, 5.74) is 0.909. The van der Waals surface area contributed by atoms with Gasteiger partial charge in [-0.15, -0.1) is 0 Å². The molecule has 11 heteroatoms. The van der Waals surface area contributed by atoms with E-state index in [1.807, 2.05) is 64.1 Å². The lowest BCUT2D eigenvalue weighted by Gasteiger charge is -2.35. The Morgan fingerprint density at radius 3 is 2.28 bits per heavy atom. The van der Waals surface area contributed by atoms with Gasteiger partial charge in [0.1, 0.15) is 23.9 Å². The van der Waals surface area contributed by atoms with Crippen LogP contribution in [0.3, 0.4) is 0 Å². The Hall–Kier alpha value is -4.15. The van der Waals surface area contributed by atoms with Crippen LogP contribution in [0.2, 0.25) is 5.02 Å². The Balaban J connectivity index is 1.99. The standard InChI is InChI=1S/C39H52ClN3O7/c1-24(12-13-26-14-16-27(23-44)17-15-26)32-10-9-11-34(45)42-30(21-28-18-19-33(49-8)29(40)20-28)35(46)41-25(2)39(6,7)37(48)43-31(36(47)50-32)22-38(3,4)5/h9,11-20,24-25,30-32,44H,10,21-23H2,1-8H3,(H,41,46)(H,42,45)(H,43,48)/b11-9+,13-12+/t24?,25?,30-,31+,32+/m1/s1. The van der Waals surface area contributed by atoms with Crippen LogP contribution >= 0.6 is 11.6 Å². The Morgan fingerprint density at radius 2 is 1.68 bits per heavy atom. The molecule has 272 valence electrons. The van der Waals surface area contributed by atoms with Gasteiger partial charge in [0.05, 0.1) is 24.2 Å². The Kier molecular flexibility index (Phi) is 14.2. The van der Waals surface area contributed by atoms with Crippen LogP contribution < -0.4 is 20.7 Å². The zero-order valence-corrected chi connectivity index (χ0v) is 31.1. The smallest absolute Gasteiger partial charge is 0.328 e. The van der Waals surface area contributed by atoms with E-state index in [0.29, 0.717) is 22.8 Å². The van der Waals surface area contributed by atoms with Gasteiger partial charge in [0.25, 0.3) is 0 Å². The minimum Gasteiger partial charge on any atom is -0.495 e. The third kappa shape index (κ3) is 11.7. The largest absolute Gasteiger partial charge is 0.495 e. The number of ether oxygens (including phenoxy) is 2. The molecule has 0 bridgehead atoms. The lowest BCUT2D eigenvalue weighted by Crippen LogP contribution is -2.58. The number of nitrogens with one attached hydrogen (secondary N) is 3. The number of hydrogen-bond acceptors (Lipinski definition) is 7. The van der Waals surface area contributed by atoms with Gasteiger partial charge < -0.3 is 30.5 Å². The number of carbonyl (C=O) groups is 4. The van der Waals surface area contributed by atoms with E-state index >= 15 is 0 Å². The van der Waals surface area contributed by atoms with Gasteiger partial charge in [-0.1, -0.05) is 87.9 Å². The number of carbonyl (C=O) groups excluding carboxylic acids is 4. The fraction of sp³-hybridized carbons (Fsp3) is 0.487. The van der Waals surface area contributed by atoms with Gasteiger partial charge >= 0.3 is 5.97 Å². The van der Waals surface area contributed by atoms with Crippen LogP contribution in [0.1, 0.15) is 78.0 Å². The average molecular weight is 710 g/mol. The summed E-state index contributed by atoms with van der Waals surface area (Å²) >= 11 is 6.35. The van der Waals surface area contributed by atoms with Gasteiger partial charge in [-0.05, 0) is 67.5 Å². The number of halogens is 1. The van der Waals surface area contributed by atoms with E-state index in [4.69, 9.17) is 21.1 Å². The van der Waals surface area contributed by atoms with E-state index in [1.165, 1.54) is 13.2 Å². The van der Waals surface area contributed by atoms with Crippen molar-refractivity contribution >= 4 is 41.4 Å². The molecule has 0 radical (unpaired) electrons. The van der Waals surface area contributed by atoms with Crippen LogP contribution in [0.4, 0.5) is 0 Å². The molecule has 1 aliphatic rings. The van der Waals surface area contributed by atoms with E-state index in [2.05, 4.69) is 16.0 Å². The molecule has 3 rings (SSSR count). The highest BCUT2D eigenvalue weighted by molar-refractivity contribution is 6.32. The van der Waals surface area contributed by atoms with Crippen molar-refractivity contribution in [2.45, 2.75) is 98.6 Å². The lowest BCUT2D eigenvalue weighted by atomic mass is 9.82. The second-order valence-electron chi connectivity index (χ2n) is 14.7. The van der Waals surface area contributed by atoms with E-state index < -0.39 is 53.3 Å². The van der Waals surface area contributed by atoms with Crippen LogP contribution in [-0.4, -0.2) is 60.1 Å². The van der Waals surface area contributed by atoms with Crippen LogP contribution in [0, 0.1) is 16.7 Å². The van der Waals surface area contributed by atoms with Gasteiger partial charge in [0, 0.05) is 24.8 Å². The van der Waals surface area contributed by atoms with Crippen molar-refractivity contribution < 1.29 is 33.8 Å². The van der Waals surface area contributed by atoms with Gasteiger partial charge in [0.15, 0.2) is 0 Å². The first kappa shape index (κ1) is 40.3. The SMILES string of the molecule is COc1ccc(C[C@H]2NC(=O)/C=C/C[C@@H](C(C)/C=C/c3ccc(CO)cc3)OC(=O)[C@H](CC(C)(C)C)NC(=O)C(C)(C)C(C)NC2=O)cc1Cl. The van der Waals surface area contributed by atoms with E-state index in [9.17, 15) is 24.3 Å². The van der Waals surface area contributed by atoms with Crippen molar-refractivity contribution in [3.05, 3.63) is 82.4 Å². The summed E-state index contributed by atoms with van der Waals surface area (Å²) in [5.74, 6) is -1.81. The maximum Gasteiger partial charge on any atom is 0.328 e. The van der Waals surface area contributed by atoms with Crippen LogP contribution in [-0.2, 0) is 36.9 Å². The highest BCUT2D eigenvalue weighted by Gasteiger charge is 2.40. The zero-order chi connectivity index (χ0) is 37.2. The molecule has 5 atom stereocenters. The number of esters is 1. The Morgan fingerprint density at radius 1 is 1.02 bits per heavy atom. The summed E-state index contributed by atoms with van der Waals surface area (Å²) in [6.07, 6.45) is 6.72. The molecule has 0 fully saturated rings. The number of hydrogen-bond donors (Lipinski definition) is 4. The molecule has 4 N–H and O–H groups in total. The molecular formula is C39H52ClN3O7. The fourth-order valence-electron chi connectivity index (χ4n) is 5.37. The first-order valence-corrected chi connectivity index (χ1v) is 17.3. The molecule has 0 aliphatic carbocycles. The zero-order valence-electron chi connectivity index (χ0n) is 30.3. The van der Waals surface area contributed by atoms with Crippen LogP contribution in [0.25, 0.3) is 6.08 Å². The lowest BCUT2D eigenvalue weighted by molar-refractivity contribution is -0.156. The normalized spacial score (nSPS) is 23.7. The van der Waals surface area contributed by atoms with Crippen molar-refractivity contribution in [1.82, 2.24) is 16.0 Å². The van der Waals surface area contributed by atoms with Crippen molar-refractivity contribution in [1.29, 1.82) is 0 Å². The minimum atomic E-state index is -1.15. The van der Waals surface area contributed by atoms with Crippen LogP contribution in [0.15, 0.2) is 60.7 Å². The van der Waals surface area contributed by atoms with Gasteiger partial charge in [0.2, 0.25) is 17.7 Å². The number of aliphatic hydroxyl groups excluding tert-OH is 1. The molecule has 50 heavy (non-hydrogen) atoms. The number of rotatable bonds is 8. The van der Waals surface area contributed by atoms with E-state index in [0.717, 1.165) is 11.1 Å². The summed E-state index contributed by atoms with van der Waals surface area (Å²) in [4.78, 5) is 54.6. The molecule has 0 saturated carbocycles. The Bertz CT molecular complexity index is 1560.